The number of hydrogen-bond acceptors (Lipinski definition) is 7. The molecule has 192 valence electrons. The lowest BCUT2D eigenvalue weighted by molar-refractivity contribution is -0.140. The van der Waals surface area contributed by atoms with Gasteiger partial charge in [0.15, 0.2) is 0 Å². The van der Waals surface area contributed by atoms with Crippen LogP contribution in [0, 0.1) is 12.8 Å². The second-order valence-electron chi connectivity index (χ2n) is 9.76. The molecule has 2 saturated heterocycles. The zero-order valence-electron chi connectivity index (χ0n) is 21.3. The molecule has 36 heavy (non-hydrogen) atoms. The molecule has 0 radical (unpaired) electrons. The number of carbonyl (C=O) groups excluding carboxylic acids is 2. The lowest BCUT2D eigenvalue weighted by Gasteiger charge is -2.29. The van der Waals surface area contributed by atoms with Crippen molar-refractivity contribution in [3.63, 3.8) is 0 Å². The van der Waals surface area contributed by atoms with Crippen molar-refractivity contribution in [2.24, 2.45) is 5.92 Å². The molecule has 8 nitrogen and oxygen atoms in total. The zero-order valence-corrected chi connectivity index (χ0v) is 21.3. The van der Waals surface area contributed by atoms with Gasteiger partial charge in [0, 0.05) is 44.1 Å². The fourth-order valence-electron chi connectivity index (χ4n) is 4.69. The van der Waals surface area contributed by atoms with Gasteiger partial charge in [0.1, 0.15) is 11.5 Å². The zero-order chi connectivity index (χ0) is 25.7. The average Bonchev–Trinajstić information content (AvgIpc) is 3.13. The van der Waals surface area contributed by atoms with E-state index in [1.807, 2.05) is 13.0 Å². The number of ether oxygens (including phenoxy) is 2. The van der Waals surface area contributed by atoms with Crippen molar-refractivity contribution in [1.29, 1.82) is 0 Å². The highest BCUT2D eigenvalue weighted by atomic mass is 16.5. The van der Waals surface area contributed by atoms with Gasteiger partial charge in [0.2, 0.25) is 0 Å². The first-order valence-corrected chi connectivity index (χ1v) is 12.6. The second kappa shape index (κ2) is 11.7. The number of morpholine rings is 1. The minimum atomic E-state index is -0.672. The van der Waals surface area contributed by atoms with E-state index in [-0.39, 0.29) is 11.3 Å². The molecule has 0 spiro atoms. The minimum Gasteiger partial charge on any atom is -0.507 e. The van der Waals surface area contributed by atoms with Gasteiger partial charge in [-0.15, -0.1) is 0 Å². The van der Waals surface area contributed by atoms with Crippen molar-refractivity contribution in [2.45, 2.75) is 33.2 Å². The Hall–Kier alpha value is -3.23. The SMILES string of the molecule is Cc1cc(OCC(C)C)ccc1/C(O)=C1\C(=O)C(=O)N(CCCN2CCOCC2)[C@H]1c1ccncc1. The summed E-state index contributed by atoms with van der Waals surface area (Å²) >= 11 is 0. The van der Waals surface area contributed by atoms with Crippen LogP contribution >= 0.6 is 0 Å². The smallest absolute Gasteiger partial charge is 0.295 e. The lowest BCUT2D eigenvalue weighted by atomic mass is 9.94. The predicted molar refractivity (Wildman–Crippen MR) is 137 cm³/mol. The standard InChI is InChI=1S/C28H35N3O5/c1-19(2)18-36-22-5-6-23(20(3)17-22)26(32)24-25(21-7-9-29-10-8-21)31(28(34)27(24)33)12-4-11-30-13-15-35-16-14-30/h5-10,17,19,25,32H,4,11-16,18H2,1-3H3/b26-24+/t25-/m0/s1. The first kappa shape index (κ1) is 25.9. The summed E-state index contributed by atoms with van der Waals surface area (Å²) in [5.74, 6) is -0.334. The van der Waals surface area contributed by atoms with Crippen molar-refractivity contribution < 1.29 is 24.2 Å². The highest BCUT2D eigenvalue weighted by Gasteiger charge is 2.46. The van der Waals surface area contributed by atoms with Crippen molar-refractivity contribution in [3.8, 4) is 5.75 Å². The van der Waals surface area contributed by atoms with Crippen molar-refractivity contribution in [3.05, 3.63) is 65.0 Å². The number of nitrogens with zero attached hydrogens (tertiary/aromatic N) is 3. The highest BCUT2D eigenvalue weighted by Crippen LogP contribution is 2.40. The topological polar surface area (TPSA) is 92.2 Å². The maximum absolute atomic E-state index is 13.3. The molecular weight excluding hydrogens is 458 g/mol. The number of aliphatic hydroxyl groups excluding tert-OH is 1. The normalized spacial score (nSPS) is 20.3. The molecule has 2 aromatic rings. The third-order valence-corrected chi connectivity index (χ3v) is 6.58. The number of pyridine rings is 1. The minimum absolute atomic E-state index is 0.108. The fraction of sp³-hybridized carbons (Fsp3) is 0.464. The van der Waals surface area contributed by atoms with E-state index < -0.39 is 17.7 Å². The van der Waals surface area contributed by atoms with E-state index in [4.69, 9.17) is 9.47 Å². The van der Waals surface area contributed by atoms with Gasteiger partial charge in [-0.05, 0) is 60.7 Å². The van der Waals surface area contributed by atoms with Crippen molar-refractivity contribution in [2.75, 3.05) is 46.0 Å². The van der Waals surface area contributed by atoms with Crippen LogP contribution in [-0.4, -0.2) is 77.6 Å². The van der Waals surface area contributed by atoms with Crippen LogP contribution in [0.15, 0.2) is 48.3 Å². The fourth-order valence-corrected chi connectivity index (χ4v) is 4.69. The summed E-state index contributed by atoms with van der Waals surface area (Å²) in [6, 6.07) is 8.27. The van der Waals surface area contributed by atoms with Crippen LogP contribution in [0.1, 0.15) is 43.0 Å². The monoisotopic (exact) mass is 493 g/mol. The molecule has 1 atom stereocenters. The largest absolute Gasteiger partial charge is 0.507 e. The van der Waals surface area contributed by atoms with Crippen molar-refractivity contribution in [1.82, 2.24) is 14.8 Å². The number of rotatable bonds is 9. The third kappa shape index (κ3) is 5.77. The Balaban J connectivity index is 1.63. The van der Waals surface area contributed by atoms with Gasteiger partial charge in [0.25, 0.3) is 11.7 Å². The molecular formula is C28H35N3O5. The Labute approximate surface area is 212 Å². The number of benzene rings is 1. The summed E-state index contributed by atoms with van der Waals surface area (Å²) in [5.41, 5.74) is 2.13. The first-order chi connectivity index (χ1) is 17.4. The van der Waals surface area contributed by atoms with Gasteiger partial charge in [-0.2, -0.15) is 0 Å². The second-order valence-corrected chi connectivity index (χ2v) is 9.76. The molecule has 1 aromatic heterocycles. The molecule has 4 rings (SSSR count). The number of hydrogen-bond donors (Lipinski definition) is 1. The van der Waals surface area contributed by atoms with Crippen LogP contribution in [0.25, 0.3) is 5.76 Å². The molecule has 0 aliphatic carbocycles. The van der Waals surface area contributed by atoms with Gasteiger partial charge < -0.3 is 19.5 Å². The molecule has 1 N–H and O–H groups in total. The summed E-state index contributed by atoms with van der Waals surface area (Å²) in [4.78, 5) is 34.4. The van der Waals surface area contributed by atoms with E-state index in [0.717, 1.165) is 37.2 Å². The molecule has 0 saturated carbocycles. The summed E-state index contributed by atoms with van der Waals surface area (Å²) in [5, 5.41) is 11.4. The Kier molecular flexibility index (Phi) is 8.38. The number of Topliss-reactive ketones (excluding diaryl/α,β-unsaturated/α-hetero) is 1. The summed E-state index contributed by atoms with van der Waals surface area (Å²) < 4.78 is 11.2. The molecule has 0 unspecified atom stereocenters. The van der Waals surface area contributed by atoms with E-state index in [1.54, 1.807) is 41.6 Å². The molecule has 8 heteroatoms. The van der Waals surface area contributed by atoms with E-state index >= 15 is 0 Å². The number of aryl methyl sites for hydroxylation is 1. The highest BCUT2D eigenvalue weighted by molar-refractivity contribution is 6.46. The summed E-state index contributed by atoms with van der Waals surface area (Å²) in [7, 11) is 0. The first-order valence-electron chi connectivity index (χ1n) is 12.6. The Morgan fingerprint density at radius 2 is 1.86 bits per heavy atom. The van der Waals surface area contributed by atoms with E-state index in [1.165, 1.54) is 0 Å². The summed E-state index contributed by atoms with van der Waals surface area (Å²) in [6.07, 6.45) is 3.99. The number of amides is 1. The van der Waals surface area contributed by atoms with E-state index in [0.29, 0.717) is 43.6 Å². The molecule has 2 aliphatic heterocycles. The van der Waals surface area contributed by atoms with Crippen LogP contribution in [0.3, 0.4) is 0 Å². The number of carbonyl (C=O) groups is 2. The molecule has 3 heterocycles. The maximum atomic E-state index is 13.3. The van der Waals surface area contributed by atoms with Gasteiger partial charge in [-0.3, -0.25) is 19.5 Å². The van der Waals surface area contributed by atoms with Gasteiger partial charge in [0.05, 0.1) is 31.4 Å². The van der Waals surface area contributed by atoms with Crippen molar-refractivity contribution >= 4 is 17.4 Å². The Morgan fingerprint density at radius 1 is 1.14 bits per heavy atom. The van der Waals surface area contributed by atoms with E-state index in [2.05, 4.69) is 23.7 Å². The molecule has 1 amide bonds. The van der Waals surface area contributed by atoms with Crippen LogP contribution < -0.4 is 4.74 Å². The van der Waals surface area contributed by atoms with Crippen LogP contribution in [0.4, 0.5) is 0 Å². The average molecular weight is 494 g/mol. The van der Waals surface area contributed by atoms with Gasteiger partial charge in [-0.25, -0.2) is 0 Å². The summed E-state index contributed by atoms with van der Waals surface area (Å²) in [6.45, 7) is 11.0. The van der Waals surface area contributed by atoms with Crippen LogP contribution in [0.5, 0.6) is 5.75 Å². The van der Waals surface area contributed by atoms with E-state index in [9.17, 15) is 14.7 Å². The molecule has 1 aromatic carbocycles. The number of aliphatic hydroxyl groups is 1. The quantitative estimate of drug-likeness (QED) is 0.324. The number of likely N-dealkylation sites (tertiary alicyclic amines) is 1. The Morgan fingerprint density at radius 3 is 2.53 bits per heavy atom. The lowest BCUT2D eigenvalue weighted by Crippen LogP contribution is -2.38. The van der Waals surface area contributed by atoms with Gasteiger partial charge in [-0.1, -0.05) is 13.8 Å². The molecule has 2 aliphatic rings. The predicted octanol–water partition coefficient (Wildman–Crippen LogP) is 3.57. The van der Waals surface area contributed by atoms with Crippen LogP contribution in [-0.2, 0) is 14.3 Å². The van der Waals surface area contributed by atoms with Crippen LogP contribution in [0.2, 0.25) is 0 Å². The van der Waals surface area contributed by atoms with Gasteiger partial charge >= 0.3 is 0 Å². The third-order valence-electron chi connectivity index (χ3n) is 6.58. The number of aromatic nitrogens is 1. The Bertz CT molecular complexity index is 1110. The maximum Gasteiger partial charge on any atom is 0.295 e. The molecule has 0 bridgehead atoms. The molecule has 2 fully saturated rings. The number of ketones is 1.